The van der Waals surface area contributed by atoms with E-state index in [-0.39, 0.29) is 0 Å². The van der Waals surface area contributed by atoms with Gasteiger partial charge in [0.2, 0.25) is 0 Å². The summed E-state index contributed by atoms with van der Waals surface area (Å²) in [5.74, 6) is -0.762. The molecule has 5 heteroatoms. The average molecular weight is 302 g/mol. The van der Waals surface area contributed by atoms with Crippen LogP contribution in [0.5, 0.6) is 0 Å². The van der Waals surface area contributed by atoms with Gasteiger partial charge in [0.05, 0.1) is 5.69 Å². The van der Waals surface area contributed by atoms with Gasteiger partial charge in [-0.25, -0.2) is 4.98 Å². The summed E-state index contributed by atoms with van der Waals surface area (Å²) in [4.78, 5) is 19.1. The Morgan fingerprint density at radius 1 is 1.43 bits per heavy atom. The molecule has 0 spiro atoms. The summed E-state index contributed by atoms with van der Waals surface area (Å²) in [6, 6.07) is 7.80. The van der Waals surface area contributed by atoms with Crippen molar-refractivity contribution in [2.24, 2.45) is 0 Å². The molecule has 3 rings (SSSR count). The molecule has 0 saturated carbocycles. The van der Waals surface area contributed by atoms with Gasteiger partial charge >= 0.3 is 5.97 Å². The first-order valence-corrected chi connectivity index (χ1v) is 7.89. The van der Waals surface area contributed by atoms with Crippen molar-refractivity contribution in [3.8, 4) is 10.6 Å². The van der Waals surface area contributed by atoms with Crippen molar-refractivity contribution >= 4 is 17.3 Å². The van der Waals surface area contributed by atoms with E-state index in [1.807, 2.05) is 17.0 Å². The number of benzene rings is 1. The molecule has 1 aromatic carbocycles. The summed E-state index contributed by atoms with van der Waals surface area (Å²) in [5, 5.41) is 10.2. The van der Waals surface area contributed by atoms with Crippen molar-refractivity contribution in [3.63, 3.8) is 0 Å². The van der Waals surface area contributed by atoms with E-state index < -0.39 is 12.0 Å². The standard InChI is InChI=1S/C16H18N2O2S/c1-10-5-3-4-6-12(10)15-17-13-7-8-18(9-14(13)21-15)11(2)16(19)20/h3-6,11H,7-9H2,1-2H3,(H,19,20). The fraction of sp³-hybridized carbons (Fsp3) is 0.375. The molecule has 1 unspecified atom stereocenters. The molecule has 0 bridgehead atoms. The minimum absolute atomic E-state index is 0.442. The maximum Gasteiger partial charge on any atom is 0.320 e. The van der Waals surface area contributed by atoms with Gasteiger partial charge in [-0.1, -0.05) is 24.3 Å². The van der Waals surface area contributed by atoms with Gasteiger partial charge in [-0.15, -0.1) is 11.3 Å². The van der Waals surface area contributed by atoms with Crippen LogP contribution in [0, 0.1) is 6.92 Å². The lowest BCUT2D eigenvalue weighted by Crippen LogP contribution is -2.41. The molecule has 1 N–H and O–H groups in total. The lowest BCUT2D eigenvalue weighted by molar-refractivity contribution is -0.142. The zero-order valence-electron chi connectivity index (χ0n) is 12.2. The fourth-order valence-electron chi connectivity index (χ4n) is 2.63. The first-order chi connectivity index (χ1) is 10.1. The van der Waals surface area contributed by atoms with Gasteiger partial charge < -0.3 is 5.11 Å². The van der Waals surface area contributed by atoms with E-state index in [2.05, 4.69) is 19.1 Å². The maximum absolute atomic E-state index is 11.1. The van der Waals surface area contributed by atoms with Crippen LogP contribution in [-0.2, 0) is 17.8 Å². The molecule has 4 nitrogen and oxygen atoms in total. The van der Waals surface area contributed by atoms with E-state index >= 15 is 0 Å². The van der Waals surface area contributed by atoms with Crippen molar-refractivity contribution in [3.05, 3.63) is 40.4 Å². The Labute approximate surface area is 128 Å². The zero-order valence-corrected chi connectivity index (χ0v) is 13.0. The van der Waals surface area contributed by atoms with E-state index in [9.17, 15) is 4.79 Å². The largest absolute Gasteiger partial charge is 0.480 e. The minimum atomic E-state index is -0.762. The summed E-state index contributed by atoms with van der Waals surface area (Å²) in [5.41, 5.74) is 3.53. The van der Waals surface area contributed by atoms with Crippen LogP contribution in [0.25, 0.3) is 10.6 Å². The van der Waals surface area contributed by atoms with Crippen LogP contribution in [0.15, 0.2) is 24.3 Å². The Morgan fingerprint density at radius 3 is 2.90 bits per heavy atom. The number of hydrogen-bond acceptors (Lipinski definition) is 4. The second-order valence-electron chi connectivity index (χ2n) is 5.44. The summed E-state index contributed by atoms with van der Waals surface area (Å²) in [7, 11) is 0. The fourth-order valence-corrected chi connectivity index (χ4v) is 3.85. The molecule has 2 aromatic rings. The Balaban J connectivity index is 1.88. The van der Waals surface area contributed by atoms with Crippen molar-refractivity contribution in [2.75, 3.05) is 6.54 Å². The van der Waals surface area contributed by atoms with Crippen molar-refractivity contribution < 1.29 is 9.90 Å². The SMILES string of the molecule is Cc1ccccc1-c1nc2c(s1)CN(C(C)C(=O)O)CC2. The molecular weight excluding hydrogens is 284 g/mol. The van der Waals surface area contributed by atoms with Gasteiger partial charge in [0, 0.05) is 30.0 Å². The van der Waals surface area contributed by atoms with E-state index in [0.29, 0.717) is 6.54 Å². The molecule has 0 amide bonds. The topological polar surface area (TPSA) is 53.4 Å². The normalized spacial score (nSPS) is 16.5. The van der Waals surface area contributed by atoms with Gasteiger partial charge in [0.25, 0.3) is 0 Å². The Hall–Kier alpha value is -1.72. The highest BCUT2D eigenvalue weighted by atomic mass is 32.1. The third kappa shape index (κ3) is 2.71. The summed E-state index contributed by atoms with van der Waals surface area (Å²) in [6.07, 6.45) is 0.829. The quantitative estimate of drug-likeness (QED) is 0.947. The first kappa shape index (κ1) is 14.2. The highest BCUT2D eigenvalue weighted by molar-refractivity contribution is 7.15. The summed E-state index contributed by atoms with van der Waals surface area (Å²) >= 11 is 1.69. The van der Waals surface area contributed by atoms with E-state index in [4.69, 9.17) is 10.1 Å². The number of rotatable bonds is 3. The van der Waals surface area contributed by atoms with Gasteiger partial charge in [0.1, 0.15) is 11.0 Å². The first-order valence-electron chi connectivity index (χ1n) is 7.07. The number of hydrogen-bond donors (Lipinski definition) is 1. The number of carboxylic acids is 1. The smallest absolute Gasteiger partial charge is 0.320 e. The molecule has 21 heavy (non-hydrogen) atoms. The zero-order chi connectivity index (χ0) is 15.0. The molecular formula is C16H18N2O2S. The van der Waals surface area contributed by atoms with E-state index in [1.54, 1.807) is 18.3 Å². The molecule has 0 fully saturated rings. The summed E-state index contributed by atoms with van der Waals surface area (Å²) < 4.78 is 0. The molecule has 0 saturated heterocycles. The number of fused-ring (bicyclic) bond motifs is 1. The third-order valence-corrected chi connectivity index (χ3v) is 5.16. The second-order valence-corrected chi connectivity index (χ2v) is 6.52. The predicted molar refractivity (Wildman–Crippen MR) is 83.5 cm³/mol. The molecule has 1 aliphatic rings. The number of aromatic nitrogens is 1. The number of thiazole rings is 1. The molecule has 2 heterocycles. The molecule has 0 aliphatic carbocycles. The molecule has 1 aliphatic heterocycles. The molecule has 1 atom stereocenters. The Kier molecular flexibility index (Phi) is 3.78. The van der Waals surface area contributed by atoms with Crippen LogP contribution in [0.3, 0.4) is 0 Å². The third-order valence-electron chi connectivity index (χ3n) is 4.04. The van der Waals surface area contributed by atoms with Crippen LogP contribution in [-0.4, -0.2) is 33.5 Å². The van der Waals surface area contributed by atoms with E-state index in [0.717, 1.165) is 23.7 Å². The van der Waals surface area contributed by atoms with E-state index in [1.165, 1.54) is 16.0 Å². The van der Waals surface area contributed by atoms with Crippen LogP contribution >= 0.6 is 11.3 Å². The number of carboxylic acid groups (broad SMARTS) is 1. The number of carbonyl (C=O) groups is 1. The highest BCUT2D eigenvalue weighted by Gasteiger charge is 2.27. The lowest BCUT2D eigenvalue weighted by atomic mass is 10.1. The Morgan fingerprint density at radius 2 is 2.19 bits per heavy atom. The monoisotopic (exact) mass is 302 g/mol. The van der Waals surface area contributed by atoms with Gasteiger partial charge in [0.15, 0.2) is 0 Å². The van der Waals surface area contributed by atoms with Crippen LogP contribution in [0.2, 0.25) is 0 Å². The van der Waals surface area contributed by atoms with Crippen molar-refractivity contribution in [1.82, 2.24) is 9.88 Å². The average Bonchev–Trinajstić information content (AvgIpc) is 2.89. The maximum atomic E-state index is 11.1. The van der Waals surface area contributed by atoms with Gasteiger partial charge in [-0.05, 0) is 19.4 Å². The molecule has 0 radical (unpaired) electrons. The van der Waals surface area contributed by atoms with Crippen LogP contribution in [0.1, 0.15) is 23.1 Å². The highest BCUT2D eigenvalue weighted by Crippen LogP contribution is 2.33. The van der Waals surface area contributed by atoms with Crippen LogP contribution in [0.4, 0.5) is 0 Å². The van der Waals surface area contributed by atoms with Crippen molar-refractivity contribution in [1.29, 1.82) is 0 Å². The van der Waals surface area contributed by atoms with Gasteiger partial charge in [-0.3, -0.25) is 9.69 Å². The summed E-state index contributed by atoms with van der Waals surface area (Å²) in [6.45, 7) is 5.29. The number of aryl methyl sites for hydroxylation is 1. The van der Waals surface area contributed by atoms with Crippen LogP contribution < -0.4 is 0 Å². The second kappa shape index (κ2) is 5.58. The predicted octanol–water partition coefficient (Wildman–Crippen LogP) is 2.95. The number of nitrogens with zero attached hydrogens (tertiary/aromatic N) is 2. The Bertz CT molecular complexity index is 681. The molecule has 110 valence electrons. The van der Waals surface area contributed by atoms with Crippen molar-refractivity contribution in [2.45, 2.75) is 32.9 Å². The van der Waals surface area contributed by atoms with Gasteiger partial charge in [-0.2, -0.15) is 0 Å². The molecule has 1 aromatic heterocycles. The number of aliphatic carboxylic acids is 1. The lowest BCUT2D eigenvalue weighted by Gasteiger charge is -2.28. The minimum Gasteiger partial charge on any atom is -0.480 e.